The number of benzene rings is 2. The predicted octanol–water partition coefficient (Wildman–Crippen LogP) is 2.01. The molecule has 1 saturated heterocycles. The molecule has 1 amide bonds. The summed E-state index contributed by atoms with van der Waals surface area (Å²) >= 11 is 0. The van der Waals surface area contributed by atoms with Gasteiger partial charge in [0.2, 0.25) is 0 Å². The zero-order valence-corrected chi connectivity index (χ0v) is 14.8. The molecular formula is C20H20N2O5. The largest absolute Gasteiger partial charge is 0.417 e. The summed E-state index contributed by atoms with van der Waals surface area (Å²) in [5.41, 5.74) is 3.52. The molecule has 7 heteroatoms. The highest BCUT2D eigenvalue weighted by atomic mass is 16.5. The molecule has 1 aliphatic heterocycles. The van der Waals surface area contributed by atoms with Crippen molar-refractivity contribution >= 4 is 17.0 Å². The summed E-state index contributed by atoms with van der Waals surface area (Å²) in [6.45, 7) is 2.99. The first-order valence-electron chi connectivity index (χ1n) is 8.87. The molecule has 2 N–H and O–H groups in total. The van der Waals surface area contributed by atoms with E-state index in [0.717, 1.165) is 11.1 Å². The summed E-state index contributed by atoms with van der Waals surface area (Å²) in [4.78, 5) is 28.4. The van der Waals surface area contributed by atoms with Crippen LogP contribution in [-0.2, 0) is 4.74 Å². The number of hydrogen-bond donors (Lipinski definition) is 2. The molecule has 2 atom stereocenters. The zero-order chi connectivity index (χ0) is 19.0. The summed E-state index contributed by atoms with van der Waals surface area (Å²) < 4.78 is 10.3. The van der Waals surface area contributed by atoms with Gasteiger partial charge in [0.25, 0.3) is 5.91 Å². The maximum atomic E-state index is 12.8. The lowest BCUT2D eigenvalue weighted by Gasteiger charge is -2.28. The molecule has 3 aromatic rings. The molecule has 0 saturated carbocycles. The number of aliphatic hydroxyl groups excluding tert-OH is 1. The van der Waals surface area contributed by atoms with Gasteiger partial charge in [-0.15, -0.1) is 0 Å². The van der Waals surface area contributed by atoms with Gasteiger partial charge in [0, 0.05) is 12.1 Å². The molecule has 1 aromatic heterocycles. The van der Waals surface area contributed by atoms with Crippen molar-refractivity contribution in [3.8, 4) is 11.1 Å². The van der Waals surface area contributed by atoms with E-state index in [0.29, 0.717) is 29.8 Å². The predicted molar refractivity (Wildman–Crippen MR) is 99.6 cm³/mol. The molecule has 0 spiro atoms. The number of hydrogen-bond acceptors (Lipinski definition) is 5. The number of amides is 1. The fourth-order valence-corrected chi connectivity index (χ4v) is 3.46. The molecule has 0 aliphatic carbocycles. The number of fused-ring (bicyclic) bond motifs is 1. The Bertz CT molecular complexity index is 1020. The fourth-order valence-electron chi connectivity index (χ4n) is 3.46. The normalized spacial score (nSPS) is 19.5. The van der Waals surface area contributed by atoms with Crippen molar-refractivity contribution in [2.24, 2.45) is 0 Å². The number of carbonyl (C=O) groups is 1. The Balaban J connectivity index is 1.58. The number of aliphatic hydroxyl groups is 1. The minimum Gasteiger partial charge on any atom is -0.408 e. The van der Waals surface area contributed by atoms with Crippen LogP contribution in [0.2, 0.25) is 0 Å². The van der Waals surface area contributed by atoms with Gasteiger partial charge in [0.1, 0.15) is 0 Å². The van der Waals surface area contributed by atoms with Gasteiger partial charge in [-0.05, 0) is 42.3 Å². The van der Waals surface area contributed by atoms with Crippen molar-refractivity contribution in [1.82, 2.24) is 9.88 Å². The lowest BCUT2D eigenvalue weighted by molar-refractivity contribution is 0.0520. The topological polar surface area (TPSA) is 95.8 Å². The van der Waals surface area contributed by atoms with Gasteiger partial charge in [0.15, 0.2) is 5.58 Å². The van der Waals surface area contributed by atoms with E-state index < -0.39 is 11.9 Å². The van der Waals surface area contributed by atoms with Crippen LogP contribution in [0.4, 0.5) is 0 Å². The van der Waals surface area contributed by atoms with Gasteiger partial charge in [-0.25, -0.2) is 4.79 Å². The molecule has 0 unspecified atom stereocenters. The Morgan fingerprint density at radius 2 is 1.93 bits per heavy atom. The quantitative estimate of drug-likeness (QED) is 0.734. The van der Waals surface area contributed by atoms with Crippen molar-refractivity contribution in [3.63, 3.8) is 0 Å². The van der Waals surface area contributed by atoms with E-state index >= 15 is 0 Å². The van der Waals surface area contributed by atoms with Gasteiger partial charge in [-0.3, -0.25) is 9.78 Å². The van der Waals surface area contributed by atoms with Crippen LogP contribution in [0.25, 0.3) is 22.2 Å². The van der Waals surface area contributed by atoms with E-state index in [2.05, 4.69) is 4.98 Å². The molecule has 2 heterocycles. The Morgan fingerprint density at radius 3 is 2.59 bits per heavy atom. The number of nitrogens with zero attached hydrogens (tertiary/aromatic N) is 1. The molecule has 140 valence electrons. The number of oxazole rings is 1. The fraction of sp³-hybridized carbons (Fsp3) is 0.300. The smallest absolute Gasteiger partial charge is 0.408 e. The number of H-pyrrole nitrogens is 1. The second-order valence-electron chi connectivity index (χ2n) is 6.57. The lowest BCUT2D eigenvalue weighted by Crippen LogP contribution is -2.46. The first-order chi connectivity index (χ1) is 13.1. The first kappa shape index (κ1) is 17.5. The third kappa shape index (κ3) is 3.27. The molecule has 0 bridgehead atoms. The summed E-state index contributed by atoms with van der Waals surface area (Å²) in [6.07, 6.45) is -0.656. The number of nitrogens with one attached hydrogen (secondary N) is 1. The molecule has 27 heavy (non-hydrogen) atoms. The number of ether oxygens (including phenoxy) is 1. The maximum absolute atomic E-state index is 12.8. The van der Waals surface area contributed by atoms with Crippen LogP contribution < -0.4 is 5.76 Å². The molecule has 1 fully saturated rings. The van der Waals surface area contributed by atoms with Crippen LogP contribution in [0, 0.1) is 0 Å². The van der Waals surface area contributed by atoms with Crippen molar-refractivity contribution in [3.05, 3.63) is 58.6 Å². The highest BCUT2D eigenvalue weighted by molar-refractivity contribution is 5.95. The average Bonchev–Trinajstić information content (AvgIpc) is 3.26. The summed E-state index contributed by atoms with van der Waals surface area (Å²) in [5.74, 6) is -0.617. The van der Waals surface area contributed by atoms with E-state index in [1.54, 1.807) is 23.1 Å². The van der Waals surface area contributed by atoms with Gasteiger partial charge < -0.3 is 19.2 Å². The number of likely N-dealkylation sites (N-methyl/N-ethyl adjacent to an activating group) is 1. The third-order valence-electron chi connectivity index (χ3n) is 4.91. The third-order valence-corrected chi connectivity index (χ3v) is 4.91. The van der Waals surface area contributed by atoms with E-state index in [-0.39, 0.29) is 18.6 Å². The first-order valence-corrected chi connectivity index (χ1v) is 8.87. The zero-order valence-electron chi connectivity index (χ0n) is 14.8. The van der Waals surface area contributed by atoms with E-state index in [9.17, 15) is 14.7 Å². The Hall–Kier alpha value is -2.90. The summed E-state index contributed by atoms with van der Waals surface area (Å²) in [7, 11) is 0. The molecular weight excluding hydrogens is 348 g/mol. The maximum Gasteiger partial charge on any atom is 0.417 e. The lowest BCUT2D eigenvalue weighted by atomic mass is 10.0. The van der Waals surface area contributed by atoms with Crippen LogP contribution in [0.15, 0.2) is 51.7 Å². The summed E-state index contributed by atoms with van der Waals surface area (Å²) in [6, 6.07) is 12.4. The summed E-state index contributed by atoms with van der Waals surface area (Å²) in [5, 5.41) is 10.0. The van der Waals surface area contributed by atoms with Crippen molar-refractivity contribution in [2.75, 3.05) is 19.8 Å². The van der Waals surface area contributed by atoms with Crippen LogP contribution in [0.1, 0.15) is 17.3 Å². The molecule has 0 radical (unpaired) electrons. The standard InChI is InChI=1S/C20H20N2O5/c1-2-22(16-10-26-11-17(16)23)19(24)13-5-3-12(4-6-13)14-7-8-18-15(9-14)21-20(25)27-18/h3-9,16-17,23H,2,10-11H2,1H3,(H,21,25)/t16-,17-/m0/s1. The minimum atomic E-state index is -0.656. The van der Waals surface area contributed by atoms with Crippen LogP contribution in [0.3, 0.4) is 0 Å². The Labute approximate surface area is 155 Å². The molecule has 2 aromatic carbocycles. The highest BCUT2D eigenvalue weighted by Crippen LogP contribution is 2.24. The van der Waals surface area contributed by atoms with Gasteiger partial charge >= 0.3 is 5.76 Å². The average molecular weight is 368 g/mol. The number of carbonyl (C=O) groups excluding carboxylic acids is 1. The van der Waals surface area contributed by atoms with Gasteiger partial charge in [-0.2, -0.15) is 0 Å². The van der Waals surface area contributed by atoms with Crippen LogP contribution in [-0.4, -0.2) is 52.8 Å². The second kappa shape index (κ2) is 7.02. The minimum absolute atomic E-state index is 0.131. The molecule has 1 aliphatic rings. The highest BCUT2D eigenvalue weighted by Gasteiger charge is 2.34. The van der Waals surface area contributed by atoms with Crippen molar-refractivity contribution in [1.29, 1.82) is 0 Å². The second-order valence-corrected chi connectivity index (χ2v) is 6.57. The van der Waals surface area contributed by atoms with Crippen molar-refractivity contribution in [2.45, 2.75) is 19.1 Å². The number of aromatic amines is 1. The monoisotopic (exact) mass is 368 g/mol. The SMILES string of the molecule is CCN(C(=O)c1ccc(-c2ccc3oc(=O)[nH]c3c2)cc1)[C@H]1COC[C@@H]1O. The van der Waals surface area contributed by atoms with E-state index in [1.165, 1.54) is 0 Å². The van der Waals surface area contributed by atoms with Gasteiger partial charge in [0.05, 0.1) is 30.9 Å². The Morgan fingerprint density at radius 1 is 1.19 bits per heavy atom. The van der Waals surface area contributed by atoms with Crippen LogP contribution in [0.5, 0.6) is 0 Å². The Kier molecular flexibility index (Phi) is 4.55. The van der Waals surface area contributed by atoms with E-state index in [1.807, 2.05) is 31.2 Å². The molecule has 7 nitrogen and oxygen atoms in total. The number of rotatable bonds is 4. The van der Waals surface area contributed by atoms with Gasteiger partial charge in [-0.1, -0.05) is 18.2 Å². The molecule has 4 rings (SSSR count). The van der Waals surface area contributed by atoms with Crippen molar-refractivity contribution < 1.29 is 19.1 Å². The number of aromatic nitrogens is 1. The van der Waals surface area contributed by atoms with E-state index in [4.69, 9.17) is 9.15 Å². The van der Waals surface area contributed by atoms with Crippen LogP contribution >= 0.6 is 0 Å².